The molecule has 0 bridgehead atoms. The van der Waals surface area contributed by atoms with Crippen LogP contribution in [0.25, 0.3) is 0 Å². The third kappa shape index (κ3) is 2.24. The molecule has 1 aliphatic rings. The van der Waals surface area contributed by atoms with Crippen LogP contribution in [0, 0.1) is 0 Å². The third-order valence-corrected chi connectivity index (χ3v) is 3.83. The molecule has 92 valence electrons. The van der Waals surface area contributed by atoms with Crippen molar-refractivity contribution in [2.24, 2.45) is 0 Å². The Morgan fingerprint density at radius 2 is 2.17 bits per heavy atom. The van der Waals surface area contributed by atoms with E-state index in [1.165, 1.54) is 11.3 Å². The van der Waals surface area contributed by atoms with Crippen LogP contribution in [0.2, 0.25) is 0 Å². The highest BCUT2D eigenvalue weighted by Gasteiger charge is 2.21. The highest BCUT2D eigenvalue weighted by molar-refractivity contribution is 7.12. The smallest absolute Gasteiger partial charge is 0.261 e. The minimum Gasteiger partial charge on any atom is -0.491 e. The first kappa shape index (κ1) is 11.3. The van der Waals surface area contributed by atoms with Gasteiger partial charge in [-0.05, 0) is 29.5 Å². The van der Waals surface area contributed by atoms with Gasteiger partial charge >= 0.3 is 0 Å². The van der Waals surface area contributed by atoms with Gasteiger partial charge < -0.3 is 10.1 Å². The summed E-state index contributed by atoms with van der Waals surface area (Å²) in [5, 5.41) is 4.91. The van der Waals surface area contributed by atoms with Gasteiger partial charge in [-0.15, -0.1) is 11.3 Å². The molecular formula is C14H13NO2S. The number of carbonyl (C=O) groups excluding carboxylic acids is 1. The molecule has 1 atom stereocenters. The molecule has 3 nitrogen and oxygen atoms in total. The van der Waals surface area contributed by atoms with Crippen LogP contribution in [0.15, 0.2) is 41.8 Å². The molecule has 1 amide bonds. The summed E-state index contributed by atoms with van der Waals surface area (Å²) >= 11 is 1.45. The molecule has 0 saturated heterocycles. The van der Waals surface area contributed by atoms with Crippen molar-refractivity contribution in [3.8, 4) is 5.75 Å². The molecular weight excluding hydrogens is 246 g/mol. The normalized spacial score (nSPS) is 17.7. The van der Waals surface area contributed by atoms with E-state index in [-0.39, 0.29) is 11.9 Å². The molecule has 2 heterocycles. The Balaban J connectivity index is 1.68. The van der Waals surface area contributed by atoms with Crippen molar-refractivity contribution in [2.75, 3.05) is 6.61 Å². The van der Waals surface area contributed by atoms with E-state index in [0.29, 0.717) is 6.61 Å². The Hall–Kier alpha value is -1.81. The van der Waals surface area contributed by atoms with Gasteiger partial charge in [-0.1, -0.05) is 24.3 Å². The van der Waals surface area contributed by atoms with Gasteiger partial charge in [-0.3, -0.25) is 4.79 Å². The lowest BCUT2D eigenvalue weighted by atomic mass is 10.0. The zero-order valence-corrected chi connectivity index (χ0v) is 10.6. The maximum absolute atomic E-state index is 11.9. The second kappa shape index (κ2) is 4.82. The van der Waals surface area contributed by atoms with E-state index < -0.39 is 0 Å². The number of fused-ring (bicyclic) bond motifs is 1. The van der Waals surface area contributed by atoms with Crippen LogP contribution < -0.4 is 10.1 Å². The maximum atomic E-state index is 11.9. The van der Waals surface area contributed by atoms with Crippen LogP contribution in [-0.2, 0) is 6.42 Å². The number of ether oxygens (including phenoxy) is 1. The average molecular weight is 259 g/mol. The molecule has 2 aromatic rings. The number of amides is 1. The monoisotopic (exact) mass is 259 g/mol. The number of rotatable bonds is 2. The third-order valence-electron chi connectivity index (χ3n) is 2.96. The summed E-state index contributed by atoms with van der Waals surface area (Å²) in [5.74, 6) is 0.914. The summed E-state index contributed by atoms with van der Waals surface area (Å²) in [6.07, 6.45) is 0.827. The van der Waals surface area contributed by atoms with Crippen LogP contribution >= 0.6 is 11.3 Å². The van der Waals surface area contributed by atoms with Gasteiger partial charge in [0.15, 0.2) is 0 Å². The molecule has 1 unspecified atom stereocenters. The van der Waals surface area contributed by atoms with Crippen LogP contribution in [0.3, 0.4) is 0 Å². The van der Waals surface area contributed by atoms with Gasteiger partial charge in [0.25, 0.3) is 5.91 Å². The van der Waals surface area contributed by atoms with E-state index in [2.05, 4.69) is 5.32 Å². The SMILES string of the molecule is O=C(NC1COc2ccccc2C1)c1cccs1. The lowest BCUT2D eigenvalue weighted by Gasteiger charge is -2.25. The van der Waals surface area contributed by atoms with Crippen LogP contribution in [0.5, 0.6) is 5.75 Å². The number of nitrogens with one attached hydrogen (secondary N) is 1. The van der Waals surface area contributed by atoms with Crippen molar-refractivity contribution in [2.45, 2.75) is 12.5 Å². The Kier molecular flexibility index (Phi) is 3.02. The average Bonchev–Trinajstić information content (AvgIpc) is 2.92. The number of para-hydroxylation sites is 1. The zero-order chi connectivity index (χ0) is 12.4. The fourth-order valence-corrected chi connectivity index (χ4v) is 2.71. The van der Waals surface area contributed by atoms with Crippen molar-refractivity contribution in [1.82, 2.24) is 5.32 Å². The molecule has 0 radical (unpaired) electrons. The van der Waals surface area contributed by atoms with Crippen LogP contribution in [-0.4, -0.2) is 18.6 Å². The summed E-state index contributed by atoms with van der Waals surface area (Å²) in [5.41, 5.74) is 1.15. The predicted octanol–water partition coefficient (Wildman–Crippen LogP) is 2.48. The Labute approximate surface area is 109 Å². The van der Waals surface area contributed by atoms with Crippen molar-refractivity contribution >= 4 is 17.2 Å². The van der Waals surface area contributed by atoms with Gasteiger partial charge in [-0.2, -0.15) is 0 Å². The minimum atomic E-state index is -0.0158. The van der Waals surface area contributed by atoms with Gasteiger partial charge in [0.1, 0.15) is 12.4 Å². The van der Waals surface area contributed by atoms with Gasteiger partial charge in [0.05, 0.1) is 10.9 Å². The lowest BCUT2D eigenvalue weighted by Crippen LogP contribution is -2.42. The fourth-order valence-electron chi connectivity index (χ4n) is 2.09. The number of hydrogen-bond acceptors (Lipinski definition) is 3. The highest BCUT2D eigenvalue weighted by Crippen LogP contribution is 2.24. The first-order valence-electron chi connectivity index (χ1n) is 5.88. The van der Waals surface area contributed by atoms with Crippen molar-refractivity contribution in [3.05, 3.63) is 52.2 Å². The number of carbonyl (C=O) groups is 1. The predicted molar refractivity (Wildman–Crippen MR) is 71.2 cm³/mol. The van der Waals surface area contributed by atoms with Gasteiger partial charge in [0, 0.05) is 0 Å². The molecule has 1 aromatic carbocycles. The molecule has 3 rings (SSSR count). The van der Waals surface area contributed by atoms with Crippen molar-refractivity contribution < 1.29 is 9.53 Å². The van der Waals surface area contributed by atoms with Crippen molar-refractivity contribution in [1.29, 1.82) is 0 Å². The van der Waals surface area contributed by atoms with E-state index in [1.54, 1.807) is 0 Å². The standard InChI is InChI=1S/C14H13NO2S/c16-14(13-6-3-7-18-13)15-11-8-10-4-1-2-5-12(10)17-9-11/h1-7,11H,8-9H2,(H,15,16). The summed E-state index contributed by atoms with van der Waals surface area (Å²) < 4.78 is 5.64. The number of thiophene rings is 1. The van der Waals surface area contributed by atoms with Gasteiger partial charge in [0.2, 0.25) is 0 Å². The molecule has 18 heavy (non-hydrogen) atoms. The molecule has 1 aliphatic heterocycles. The van der Waals surface area contributed by atoms with E-state index >= 15 is 0 Å². The fraction of sp³-hybridized carbons (Fsp3) is 0.214. The lowest BCUT2D eigenvalue weighted by molar-refractivity contribution is 0.0919. The Morgan fingerprint density at radius 1 is 1.28 bits per heavy atom. The summed E-state index contributed by atoms with van der Waals surface area (Å²) in [6.45, 7) is 0.536. The second-order valence-corrected chi connectivity index (χ2v) is 5.22. The van der Waals surface area contributed by atoms with E-state index in [1.807, 2.05) is 41.8 Å². The van der Waals surface area contributed by atoms with E-state index in [4.69, 9.17) is 4.74 Å². The molecule has 1 N–H and O–H groups in total. The first-order chi connectivity index (χ1) is 8.83. The van der Waals surface area contributed by atoms with Gasteiger partial charge in [-0.25, -0.2) is 0 Å². The molecule has 0 saturated carbocycles. The molecule has 1 aromatic heterocycles. The van der Waals surface area contributed by atoms with E-state index in [0.717, 1.165) is 22.6 Å². The highest BCUT2D eigenvalue weighted by atomic mass is 32.1. The maximum Gasteiger partial charge on any atom is 0.261 e. The summed E-state index contributed by atoms with van der Waals surface area (Å²) in [4.78, 5) is 12.7. The topological polar surface area (TPSA) is 38.3 Å². The second-order valence-electron chi connectivity index (χ2n) is 4.27. The van der Waals surface area contributed by atoms with E-state index in [9.17, 15) is 4.79 Å². The molecule has 0 fully saturated rings. The first-order valence-corrected chi connectivity index (χ1v) is 6.76. The minimum absolute atomic E-state index is 0.0158. The molecule has 0 aliphatic carbocycles. The Morgan fingerprint density at radius 3 is 3.00 bits per heavy atom. The quantitative estimate of drug-likeness (QED) is 0.899. The van der Waals surface area contributed by atoms with Crippen LogP contribution in [0.1, 0.15) is 15.2 Å². The van der Waals surface area contributed by atoms with Crippen molar-refractivity contribution in [3.63, 3.8) is 0 Å². The van der Waals surface area contributed by atoms with Crippen LogP contribution in [0.4, 0.5) is 0 Å². The number of hydrogen-bond donors (Lipinski definition) is 1. The summed E-state index contributed by atoms with van der Waals surface area (Å²) in [7, 11) is 0. The Bertz CT molecular complexity index is 551. The number of benzene rings is 1. The zero-order valence-electron chi connectivity index (χ0n) is 9.76. The molecule has 4 heteroatoms. The largest absolute Gasteiger partial charge is 0.491 e. The summed E-state index contributed by atoms with van der Waals surface area (Å²) in [6, 6.07) is 11.7. The molecule has 0 spiro atoms.